The Hall–Kier alpha value is -2.48. The van der Waals surface area contributed by atoms with E-state index in [0.717, 1.165) is 0 Å². The van der Waals surface area contributed by atoms with E-state index >= 15 is 0 Å². The van der Waals surface area contributed by atoms with Gasteiger partial charge < -0.3 is 24.8 Å². The second kappa shape index (κ2) is 8.06. The topological polar surface area (TPSA) is 85.9 Å². The number of methoxy groups -OCH3 is 2. The van der Waals surface area contributed by atoms with Crippen molar-refractivity contribution < 1.29 is 23.8 Å². The zero-order valence-corrected chi connectivity index (χ0v) is 15.7. The highest BCUT2D eigenvalue weighted by Gasteiger charge is 2.34. The lowest BCUT2D eigenvalue weighted by Crippen LogP contribution is -2.45. The van der Waals surface area contributed by atoms with Crippen LogP contribution in [-0.2, 0) is 9.53 Å². The second-order valence-electron chi connectivity index (χ2n) is 5.19. The maximum Gasteiger partial charge on any atom is 0.338 e. The maximum atomic E-state index is 12.5. The number of allylic oxidation sites excluding steroid dienone is 1. The van der Waals surface area contributed by atoms with Crippen molar-refractivity contribution in [3.8, 4) is 11.5 Å². The van der Waals surface area contributed by atoms with E-state index in [4.69, 9.17) is 14.2 Å². The van der Waals surface area contributed by atoms with Gasteiger partial charge in [0.25, 0.3) is 0 Å². The smallest absolute Gasteiger partial charge is 0.338 e. The fourth-order valence-electron chi connectivity index (χ4n) is 2.50. The summed E-state index contributed by atoms with van der Waals surface area (Å²) in [6.07, 6.45) is 1.48. The first-order valence-corrected chi connectivity index (χ1v) is 8.19. The summed E-state index contributed by atoms with van der Waals surface area (Å²) in [7, 11) is 3.04. The van der Waals surface area contributed by atoms with E-state index in [1.165, 1.54) is 20.3 Å². The first-order chi connectivity index (χ1) is 11.9. The molecule has 0 spiro atoms. The van der Waals surface area contributed by atoms with Gasteiger partial charge in [-0.05, 0) is 24.6 Å². The van der Waals surface area contributed by atoms with Crippen molar-refractivity contribution in [3.63, 3.8) is 0 Å². The summed E-state index contributed by atoms with van der Waals surface area (Å²) in [6, 6.07) is 2.29. The molecule has 0 saturated carbocycles. The molecule has 2 amide bonds. The predicted octanol–water partition coefficient (Wildman–Crippen LogP) is 2.82. The number of hydrogen-bond acceptors (Lipinski definition) is 5. The van der Waals surface area contributed by atoms with Crippen molar-refractivity contribution in [1.82, 2.24) is 10.6 Å². The monoisotopic (exact) mass is 410 g/mol. The standard InChI is InChI=1S/C17H19BrN2O5/c1-5-6-25-16(21)14-9(2)19-17(22)20-15(14)10-7-12(23-3)13(24-4)8-11(10)18/h5,7-8,15H,1,6H2,2-4H3,(H2,19,20,22). The van der Waals surface area contributed by atoms with E-state index in [1.807, 2.05) is 0 Å². The average Bonchev–Trinajstić information content (AvgIpc) is 2.58. The number of urea groups is 1. The van der Waals surface area contributed by atoms with Gasteiger partial charge in [-0.2, -0.15) is 0 Å². The van der Waals surface area contributed by atoms with E-state index < -0.39 is 18.0 Å². The molecule has 8 heteroatoms. The molecule has 1 unspecified atom stereocenters. The molecule has 1 aromatic rings. The lowest BCUT2D eigenvalue weighted by Gasteiger charge is -2.29. The maximum absolute atomic E-state index is 12.5. The third-order valence-corrected chi connectivity index (χ3v) is 4.32. The second-order valence-corrected chi connectivity index (χ2v) is 6.04. The van der Waals surface area contributed by atoms with Gasteiger partial charge in [-0.3, -0.25) is 0 Å². The predicted molar refractivity (Wildman–Crippen MR) is 95.5 cm³/mol. The van der Waals surface area contributed by atoms with Crippen molar-refractivity contribution in [2.45, 2.75) is 13.0 Å². The van der Waals surface area contributed by atoms with Crippen LogP contribution in [-0.4, -0.2) is 32.8 Å². The molecular weight excluding hydrogens is 392 g/mol. The molecule has 0 aromatic heterocycles. The lowest BCUT2D eigenvalue weighted by molar-refractivity contribution is -0.138. The van der Waals surface area contributed by atoms with Crippen molar-refractivity contribution in [3.05, 3.63) is 46.1 Å². The van der Waals surface area contributed by atoms with Gasteiger partial charge in [0.15, 0.2) is 11.5 Å². The molecule has 0 radical (unpaired) electrons. The van der Waals surface area contributed by atoms with Crippen molar-refractivity contribution >= 4 is 27.9 Å². The molecule has 1 atom stereocenters. The van der Waals surface area contributed by atoms with E-state index in [-0.39, 0.29) is 6.61 Å². The van der Waals surface area contributed by atoms with Crippen LogP contribution in [0, 0.1) is 0 Å². The summed E-state index contributed by atoms with van der Waals surface area (Å²) in [5, 5.41) is 5.33. The molecule has 0 saturated heterocycles. The SMILES string of the molecule is C=CCOC(=O)C1=C(C)NC(=O)NC1c1cc(OC)c(OC)cc1Br. The molecule has 1 heterocycles. The lowest BCUT2D eigenvalue weighted by atomic mass is 9.95. The molecule has 0 bridgehead atoms. The summed E-state index contributed by atoms with van der Waals surface area (Å²) < 4.78 is 16.4. The normalized spacial score (nSPS) is 16.6. The Kier molecular flexibility index (Phi) is 6.08. The quantitative estimate of drug-likeness (QED) is 0.556. The number of carbonyl (C=O) groups excluding carboxylic acids is 2. The van der Waals surface area contributed by atoms with Crippen molar-refractivity contribution in [2.75, 3.05) is 20.8 Å². The minimum atomic E-state index is -0.708. The summed E-state index contributed by atoms with van der Waals surface area (Å²) in [4.78, 5) is 24.4. The van der Waals surface area contributed by atoms with Crippen molar-refractivity contribution in [2.24, 2.45) is 0 Å². The van der Waals surface area contributed by atoms with Crippen LogP contribution in [0.3, 0.4) is 0 Å². The van der Waals surface area contributed by atoms with Gasteiger partial charge >= 0.3 is 12.0 Å². The van der Waals surface area contributed by atoms with E-state index in [2.05, 4.69) is 33.1 Å². The van der Waals surface area contributed by atoms with Gasteiger partial charge in [0.1, 0.15) is 6.61 Å². The minimum absolute atomic E-state index is 0.0728. The number of amides is 2. The largest absolute Gasteiger partial charge is 0.493 e. The van der Waals surface area contributed by atoms with Gasteiger partial charge in [0, 0.05) is 10.2 Å². The fraction of sp³-hybridized carbons (Fsp3) is 0.294. The molecule has 134 valence electrons. The average molecular weight is 411 g/mol. The Morgan fingerprint density at radius 2 is 1.96 bits per heavy atom. The van der Waals surface area contributed by atoms with Gasteiger partial charge in [0.05, 0.1) is 25.8 Å². The van der Waals surface area contributed by atoms with Crippen LogP contribution in [0.5, 0.6) is 11.5 Å². The number of rotatable bonds is 6. The number of ether oxygens (including phenoxy) is 3. The number of carbonyl (C=O) groups is 2. The molecule has 0 fully saturated rings. The van der Waals surface area contributed by atoms with Crippen LogP contribution in [0.4, 0.5) is 4.79 Å². The highest BCUT2D eigenvalue weighted by molar-refractivity contribution is 9.10. The Morgan fingerprint density at radius 3 is 2.56 bits per heavy atom. The molecule has 1 aliphatic heterocycles. The summed E-state index contributed by atoms with van der Waals surface area (Å²) in [6.45, 7) is 5.24. The molecule has 2 N–H and O–H groups in total. The zero-order chi connectivity index (χ0) is 18.6. The van der Waals surface area contributed by atoms with Crippen molar-refractivity contribution in [1.29, 1.82) is 0 Å². The van der Waals surface area contributed by atoms with Gasteiger partial charge in [-0.1, -0.05) is 28.6 Å². The van der Waals surface area contributed by atoms with Crippen LogP contribution < -0.4 is 20.1 Å². The molecule has 1 aliphatic rings. The number of halogens is 1. The van der Waals surface area contributed by atoms with E-state index in [1.54, 1.807) is 19.1 Å². The third-order valence-electron chi connectivity index (χ3n) is 3.64. The molecule has 1 aromatic carbocycles. The van der Waals surface area contributed by atoms with Crippen LogP contribution in [0.25, 0.3) is 0 Å². The zero-order valence-electron chi connectivity index (χ0n) is 14.1. The molecule has 7 nitrogen and oxygen atoms in total. The highest BCUT2D eigenvalue weighted by atomic mass is 79.9. The Labute approximate surface area is 154 Å². The fourth-order valence-corrected chi connectivity index (χ4v) is 3.05. The number of hydrogen-bond donors (Lipinski definition) is 2. The Bertz CT molecular complexity index is 745. The minimum Gasteiger partial charge on any atom is -0.493 e. The first kappa shape index (κ1) is 18.9. The number of nitrogens with one attached hydrogen (secondary N) is 2. The molecular formula is C17H19BrN2O5. The molecule has 0 aliphatic carbocycles. The van der Waals surface area contributed by atoms with Crippen LogP contribution in [0.1, 0.15) is 18.5 Å². The van der Waals surface area contributed by atoms with Crippen LogP contribution in [0.15, 0.2) is 40.5 Å². The Morgan fingerprint density at radius 1 is 1.32 bits per heavy atom. The summed E-state index contributed by atoms with van der Waals surface area (Å²) in [5.41, 5.74) is 1.36. The van der Waals surface area contributed by atoms with Gasteiger partial charge in [0.2, 0.25) is 0 Å². The van der Waals surface area contributed by atoms with Crippen LogP contribution >= 0.6 is 15.9 Å². The first-order valence-electron chi connectivity index (χ1n) is 7.40. The Balaban J connectivity index is 2.53. The summed E-state index contributed by atoms with van der Waals surface area (Å²) >= 11 is 3.46. The third kappa shape index (κ3) is 3.96. The van der Waals surface area contributed by atoms with Gasteiger partial charge in [-0.25, -0.2) is 9.59 Å². The van der Waals surface area contributed by atoms with Gasteiger partial charge in [-0.15, -0.1) is 0 Å². The molecule has 25 heavy (non-hydrogen) atoms. The van der Waals surface area contributed by atoms with E-state index in [0.29, 0.717) is 32.8 Å². The van der Waals surface area contributed by atoms with Crippen LogP contribution in [0.2, 0.25) is 0 Å². The van der Waals surface area contributed by atoms with E-state index in [9.17, 15) is 9.59 Å². The molecule has 2 rings (SSSR count). The highest BCUT2D eigenvalue weighted by Crippen LogP contribution is 2.39. The number of esters is 1. The number of benzene rings is 1. The summed E-state index contributed by atoms with van der Waals surface area (Å²) in [5.74, 6) is 0.455.